The summed E-state index contributed by atoms with van der Waals surface area (Å²) in [5.74, 6) is -0.384. The number of nitrogens with one attached hydrogen (secondary N) is 1. The van der Waals surface area contributed by atoms with E-state index in [1.54, 1.807) is 11.7 Å². The van der Waals surface area contributed by atoms with E-state index in [0.29, 0.717) is 6.54 Å². The lowest BCUT2D eigenvalue weighted by atomic mass is 10.2. The predicted octanol–water partition coefficient (Wildman–Crippen LogP) is 1.26. The number of esters is 1. The van der Waals surface area contributed by atoms with Crippen LogP contribution in [-0.4, -0.2) is 31.2 Å². The van der Waals surface area contributed by atoms with Crippen molar-refractivity contribution < 1.29 is 9.53 Å². The Hall–Kier alpha value is -1.63. The Morgan fingerprint density at radius 2 is 2.69 bits per heavy atom. The van der Waals surface area contributed by atoms with Gasteiger partial charge in [-0.15, -0.1) is 11.3 Å². The molecule has 8 heteroatoms. The van der Waals surface area contributed by atoms with Gasteiger partial charge in [0.25, 0.3) is 0 Å². The van der Waals surface area contributed by atoms with Crippen LogP contribution in [0.2, 0.25) is 0 Å². The third-order valence-corrected chi connectivity index (χ3v) is 2.64. The molecule has 0 saturated carbocycles. The number of azide groups is 1. The fraction of sp³-hybridized carbons (Fsp3) is 0.500. The molecule has 1 unspecified atom stereocenters. The Morgan fingerprint density at radius 3 is 3.25 bits per heavy atom. The Bertz CT molecular complexity index is 374. The number of hydrogen-bond donors (Lipinski definition) is 1. The summed E-state index contributed by atoms with van der Waals surface area (Å²) in [5.41, 5.74) is 9.74. The van der Waals surface area contributed by atoms with Crippen LogP contribution in [-0.2, 0) is 9.53 Å². The quantitative estimate of drug-likeness (QED) is 0.266. The molecule has 86 valence electrons. The SMILES string of the molecule is COC(=O)C(NCCN=[N+]=[N-])c1cncs1. The highest BCUT2D eigenvalue weighted by molar-refractivity contribution is 7.09. The van der Waals surface area contributed by atoms with E-state index in [-0.39, 0.29) is 12.5 Å². The molecule has 0 aliphatic heterocycles. The van der Waals surface area contributed by atoms with Crippen molar-refractivity contribution in [2.45, 2.75) is 6.04 Å². The number of rotatable bonds is 6. The zero-order valence-electron chi connectivity index (χ0n) is 8.66. The molecule has 1 N–H and O–H groups in total. The van der Waals surface area contributed by atoms with Gasteiger partial charge in [0.2, 0.25) is 0 Å². The fourth-order valence-corrected chi connectivity index (χ4v) is 1.77. The first-order chi connectivity index (χ1) is 7.79. The Balaban J connectivity index is 2.58. The average molecular weight is 241 g/mol. The van der Waals surface area contributed by atoms with Gasteiger partial charge in [-0.3, -0.25) is 10.3 Å². The molecule has 1 aromatic heterocycles. The molecule has 0 bridgehead atoms. The molecule has 7 nitrogen and oxygen atoms in total. The summed E-state index contributed by atoms with van der Waals surface area (Å²) in [6, 6.07) is -0.550. The van der Waals surface area contributed by atoms with Crippen LogP contribution in [0.15, 0.2) is 16.8 Å². The molecule has 0 radical (unpaired) electrons. The minimum Gasteiger partial charge on any atom is -0.468 e. The molecule has 0 aliphatic rings. The Morgan fingerprint density at radius 1 is 1.88 bits per heavy atom. The van der Waals surface area contributed by atoms with Crippen molar-refractivity contribution in [3.05, 3.63) is 27.0 Å². The van der Waals surface area contributed by atoms with E-state index in [1.165, 1.54) is 18.4 Å². The molecule has 1 heterocycles. The summed E-state index contributed by atoms with van der Waals surface area (Å²) in [7, 11) is 1.32. The van der Waals surface area contributed by atoms with Gasteiger partial charge in [-0.25, -0.2) is 4.79 Å². The number of methoxy groups -OCH3 is 1. The van der Waals surface area contributed by atoms with Crippen LogP contribution in [0, 0.1) is 0 Å². The van der Waals surface area contributed by atoms with E-state index >= 15 is 0 Å². The molecule has 16 heavy (non-hydrogen) atoms. The number of carbonyl (C=O) groups is 1. The molecule has 0 saturated heterocycles. The van der Waals surface area contributed by atoms with Gasteiger partial charge >= 0.3 is 5.97 Å². The van der Waals surface area contributed by atoms with Crippen LogP contribution in [0.4, 0.5) is 0 Å². The van der Waals surface area contributed by atoms with Crippen LogP contribution < -0.4 is 5.32 Å². The van der Waals surface area contributed by atoms with Crippen LogP contribution in [0.25, 0.3) is 10.4 Å². The van der Waals surface area contributed by atoms with Crippen molar-refractivity contribution in [2.75, 3.05) is 20.2 Å². The summed E-state index contributed by atoms with van der Waals surface area (Å²) in [6.45, 7) is 0.685. The molecule has 0 amide bonds. The van der Waals surface area contributed by atoms with Crippen LogP contribution >= 0.6 is 11.3 Å². The van der Waals surface area contributed by atoms with Crippen molar-refractivity contribution in [3.63, 3.8) is 0 Å². The van der Waals surface area contributed by atoms with Crippen LogP contribution in [0.1, 0.15) is 10.9 Å². The van der Waals surface area contributed by atoms with E-state index in [2.05, 4.69) is 25.1 Å². The first-order valence-corrected chi connectivity index (χ1v) is 5.38. The normalized spacial score (nSPS) is 11.6. The first-order valence-electron chi connectivity index (χ1n) is 4.50. The molecule has 0 aromatic carbocycles. The maximum absolute atomic E-state index is 11.5. The van der Waals surface area contributed by atoms with Crippen molar-refractivity contribution in [2.24, 2.45) is 5.11 Å². The zero-order valence-corrected chi connectivity index (χ0v) is 9.48. The molecule has 0 spiro atoms. The van der Waals surface area contributed by atoms with Crippen LogP contribution in [0.5, 0.6) is 0 Å². The Labute approximate surface area is 96.1 Å². The van der Waals surface area contributed by atoms with E-state index in [9.17, 15) is 4.79 Å². The average Bonchev–Trinajstić information content (AvgIpc) is 2.82. The third-order valence-electron chi connectivity index (χ3n) is 1.80. The number of aromatic nitrogens is 1. The number of ether oxygens (including phenoxy) is 1. The summed E-state index contributed by atoms with van der Waals surface area (Å²) in [4.78, 5) is 18.7. The predicted molar refractivity (Wildman–Crippen MR) is 58.9 cm³/mol. The molecule has 1 atom stereocenters. The monoisotopic (exact) mass is 241 g/mol. The number of nitrogens with zero attached hydrogens (tertiary/aromatic N) is 4. The first kappa shape index (κ1) is 12.4. The summed E-state index contributed by atoms with van der Waals surface area (Å²) >= 11 is 1.36. The highest BCUT2D eigenvalue weighted by atomic mass is 32.1. The molecular formula is C8H11N5O2S. The van der Waals surface area contributed by atoms with Crippen molar-refractivity contribution >= 4 is 17.3 Å². The highest BCUT2D eigenvalue weighted by Gasteiger charge is 2.21. The van der Waals surface area contributed by atoms with Gasteiger partial charge in [0, 0.05) is 24.2 Å². The van der Waals surface area contributed by atoms with Gasteiger partial charge in [0.05, 0.1) is 17.5 Å². The smallest absolute Gasteiger partial charge is 0.328 e. The van der Waals surface area contributed by atoms with Gasteiger partial charge in [-0.05, 0) is 5.53 Å². The standard InChI is InChI=1S/C8H11N5O2S/c1-15-8(14)7(6-4-10-5-16-6)11-2-3-12-13-9/h4-5,7,11H,2-3H2,1H3. The second-order valence-electron chi connectivity index (χ2n) is 2.77. The molecule has 0 aliphatic carbocycles. The second-order valence-corrected chi connectivity index (χ2v) is 3.69. The Kier molecular flexibility index (Phi) is 5.27. The minimum atomic E-state index is -0.550. The summed E-state index contributed by atoms with van der Waals surface area (Å²) < 4.78 is 4.67. The molecule has 1 aromatic rings. The lowest BCUT2D eigenvalue weighted by Gasteiger charge is -2.13. The molecule has 0 fully saturated rings. The molecule has 1 rings (SSSR count). The van der Waals surface area contributed by atoms with Gasteiger partial charge in [0.1, 0.15) is 6.04 Å². The van der Waals surface area contributed by atoms with Gasteiger partial charge in [-0.1, -0.05) is 5.11 Å². The van der Waals surface area contributed by atoms with E-state index in [4.69, 9.17) is 5.53 Å². The maximum Gasteiger partial charge on any atom is 0.328 e. The minimum absolute atomic E-state index is 0.281. The highest BCUT2D eigenvalue weighted by Crippen LogP contribution is 2.18. The van der Waals surface area contributed by atoms with Gasteiger partial charge < -0.3 is 4.74 Å². The van der Waals surface area contributed by atoms with Gasteiger partial charge in [-0.2, -0.15) is 0 Å². The lowest BCUT2D eigenvalue weighted by molar-refractivity contribution is -0.143. The zero-order chi connectivity index (χ0) is 11.8. The third kappa shape index (κ3) is 3.50. The van der Waals surface area contributed by atoms with Crippen molar-refractivity contribution in [1.29, 1.82) is 0 Å². The van der Waals surface area contributed by atoms with Gasteiger partial charge in [0.15, 0.2) is 0 Å². The summed E-state index contributed by atoms with van der Waals surface area (Å²) in [5, 5.41) is 6.30. The van der Waals surface area contributed by atoms with Crippen molar-refractivity contribution in [3.8, 4) is 0 Å². The van der Waals surface area contributed by atoms with E-state index < -0.39 is 6.04 Å². The topological polar surface area (TPSA) is 100.0 Å². The number of thiazole rings is 1. The largest absolute Gasteiger partial charge is 0.468 e. The lowest BCUT2D eigenvalue weighted by Crippen LogP contribution is -2.30. The number of carbonyl (C=O) groups excluding carboxylic acids is 1. The summed E-state index contributed by atoms with van der Waals surface area (Å²) in [6.07, 6.45) is 1.60. The maximum atomic E-state index is 11.5. The van der Waals surface area contributed by atoms with Crippen LogP contribution in [0.3, 0.4) is 0 Å². The fourth-order valence-electron chi connectivity index (χ4n) is 1.09. The van der Waals surface area contributed by atoms with E-state index in [0.717, 1.165) is 4.88 Å². The molecular weight excluding hydrogens is 230 g/mol. The number of hydrogen-bond acceptors (Lipinski definition) is 6. The second kappa shape index (κ2) is 6.78. The van der Waals surface area contributed by atoms with Crippen molar-refractivity contribution in [1.82, 2.24) is 10.3 Å². The van der Waals surface area contributed by atoms with E-state index in [1.807, 2.05) is 0 Å².